The number of amides is 1. The third-order valence-electron chi connectivity index (χ3n) is 4.50. The van der Waals surface area contributed by atoms with Crippen molar-refractivity contribution in [2.75, 3.05) is 5.32 Å². The summed E-state index contributed by atoms with van der Waals surface area (Å²) in [6, 6.07) is 24.5. The van der Waals surface area contributed by atoms with E-state index in [4.69, 9.17) is 11.6 Å². The summed E-state index contributed by atoms with van der Waals surface area (Å²) in [4.78, 5) is 17.3. The van der Waals surface area contributed by atoms with Crippen LogP contribution in [0, 0.1) is 0 Å². The summed E-state index contributed by atoms with van der Waals surface area (Å²) in [5.41, 5.74) is 3.19. The SMILES string of the molecule is O=C(NC(Nc1ccc(Cl)cc1)c1ccc2cccnc2c1)c1ccc(Br)cc1. The lowest BCUT2D eigenvalue weighted by molar-refractivity contribution is 0.0941. The van der Waals surface area contributed by atoms with Crippen LogP contribution in [0.3, 0.4) is 0 Å². The van der Waals surface area contributed by atoms with Crippen LogP contribution < -0.4 is 10.6 Å². The highest BCUT2D eigenvalue weighted by atomic mass is 79.9. The van der Waals surface area contributed by atoms with Gasteiger partial charge in [-0.2, -0.15) is 0 Å². The van der Waals surface area contributed by atoms with Gasteiger partial charge in [-0.25, -0.2) is 0 Å². The first-order valence-corrected chi connectivity index (χ1v) is 10.2. The third-order valence-corrected chi connectivity index (χ3v) is 5.28. The van der Waals surface area contributed by atoms with Crippen LogP contribution in [0.25, 0.3) is 10.9 Å². The molecule has 6 heteroatoms. The van der Waals surface area contributed by atoms with Gasteiger partial charge in [0.1, 0.15) is 6.17 Å². The second-order valence-electron chi connectivity index (χ2n) is 6.52. The molecule has 3 aromatic carbocycles. The van der Waals surface area contributed by atoms with Crippen LogP contribution in [0.2, 0.25) is 5.02 Å². The van der Waals surface area contributed by atoms with Gasteiger partial charge in [0.2, 0.25) is 0 Å². The minimum absolute atomic E-state index is 0.176. The largest absolute Gasteiger partial charge is 0.362 e. The number of hydrogen-bond acceptors (Lipinski definition) is 3. The summed E-state index contributed by atoms with van der Waals surface area (Å²) in [6.45, 7) is 0. The van der Waals surface area contributed by atoms with E-state index in [-0.39, 0.29) is 5.91 Å². The molecule has 1 aromatic heterocycles. The summed E-state index contributed by atoms with van der Waals surface area (Å²) in [7, 11) is 0. The number of aromatic nitrogens is 1. The molecule has 0 aliphatic heterocycles. The molecular formula is C23H17BrClN3O. The van der Waals surface area contributed by atoms with Crippen LogP contribution in [0.1, 0.15) is 22.1 Å². The average molecular weight is 467 g/mol. The third kappa shape index (κ3) is 4.75. The van der Waals surface area contributed by atoms with Crippen molar-refractivity contribution >= 4 is 50.0 Å². The summed E-state index contributed by atoms with van der Waals surface area (Å²) >= 11 is 9.39. The Hall–Kier alpha value is -2.89. The second kappa shape index (κ2) is 8.64. The van der Waals surface area contributed by atoms with Gasteiger partial charge in [0.15, 0.2) is 0 Å². The molecule has 29 heavy (non-hydrogen) atoms. The molecule has 1 amide bonds. The van der Waals surface area contributed by atoms with Gasteiger partial charge in [0.05, 0.1) is 5.52 Å². The predicted molar refractivity (Wildman–Crippen MR) is 121 cm³/mol. The number of carbonyl (C=O) groups is 1. The molecule has 0 spiro atoms. The molecule has 0 saturated carbocycles. The van der Waals surface area contributed by atoms with Gasteiger partial charge < -0.3 is 10.6 Å². The molecule has 4 nitrogen and oxygen atoms in total. The normalized spacial score (nSPS) is 11.8. The second-order valence-corrected chi connectivity index (χ2v) is 7.87. The van der Waals surface area contributed by atoms with E-state index in [0.717, 1.165) is 26.6 Å². The maximum absolute atomic E-state index is 12.8. The molecule has 4 rings (SSSR count). The van der Waals surface area contributed by atoms with E-state index in [1.165, 1.54) is 0 Å². The average Bonchev–Trinajstić information content (AvgIpc) is 2.75. The fraction of sp³-hybridized carbons (Fsp3) is 0.0435. The zero-order valence-electron chi connectivity index (χ0n) is 15.3. The number of pyridine rings is 1. The monoisotopic (exact) mass is 465 g/mol. The zero-order chi connectivity index (χ0) is 20.2. The van der Waals surface area contributed by atoms with Crippen molar-refractivity contribution in [3.05, 3.63) is 106 Å². The fourth-order valence-corrected chi connectivity index (χ4v) is 3.38. The molecule has 1 atom stereocenters. The Morgan fingerprint density at radius 3 is 2.48 bits per heavy atom. The number of hydrogen-bond donors (Lipinski definition) is 2. The molecule has 0 aliphatic carbocycles. The van der Waals surface area contributed by atoms with Gasteiger partial charge >= 0.3 is 0 Å². The van der Waals surface area contributed by atoms with Gasteiger partial charge in [0, 0.05) is 32.3 Å². The van der Waals surface area contributed by atoms with E-state index in [9.17, 15) is 4.79 Å². The topological polar surface area (TPSA) is 54.0 Å². The van der Waals surface area contributed by atoms with Crippen LogP contribution in [-0.4, -0.2) is 10.9 Å². The predicted octanol–water partition coefficient (Wildman–Crippen LogP) is 6.19. The first-order valence-electron chi connectivity index (χ1n) is 9.02. The minimum Gasteiger partial charge on any atom is -0.362 e. The van der Waals surface area contributed by atoms with Gasteiger partial charge in [0.25, 0.3) is 5.91 Å². The lowest BCUT2D eigenvalue weighted by atomic mass is 10.1. The number of halogens is 2. The number of carbonyl (C=O) groups excluding carboxylic acids is 1. The lowest BCUT2D eigenvalue weighted by Crippen LogP contribution is -2.33. The van der Waals surface area contributed by atoms with Crippen molar-refractivity contribution < 1.29 is 4.79 Å². The molecular weight excluding hydrogens is 450 g/mol. The van der Waals surface area contributed by atoms with Crippen LogP contribution in [0.5, 0.6) is 0 Å². The quantitative estimate of drug-likeness (QED) is 0.345. The van der Waals surface area contributed by atoms with Crippen LogP contribution in [-0.2, 0) is 0 Å². The number of nitrogens with zero attached hydrogens (tertiary/aromatic N) is 1. The molecule has 0 saturated heterocycles. The highest BCUT2D eigenvalue weighted by molar-refractivity contribution is 9.10. The van der Waals surface area contributed by atoms with E-state index in [1.807, 2.05) is 54.6 Å². The Kier molecular flexibility index (Phi) is 5.79. The Bertz CT molecular complexity index is 1150. The summed E-state index contributed by atoms with van der Waals surface area (Å²) in [5, 5.41) is 8.14. The standard InChI is InChI=1S/C23H17BrClN3O/c24-18-7-5-16(6-8-18)23(29)28-22(27-20-11-9-19(25)10-12-20)17-4-3-15-2-1-13-26-21(15)14-17/h1-14,22,27H,(H,28,29). The number of nitrogens with one attached hydrogen (secondary N) is 2. The van der Waals surface area contributed by atoms with E-state index in [2.05, 4.69) is 31.5 Å². The van der Waals surface area contributed by atoms with E-state index in [0.29, 0.717) is 10.6 Å². The van der Waals surface area contributed by atoms with Gasteiger partial charge in [-0.1, -0.05) is 45.7 Å². The lowest BCUT2D eigenvalue weighted by Gasteiger charge is -2.22. The highest BCUT2D eigenvalue weighted by Gasteiger charge is 2.16. The van der Waals surface area contributed by atoms with E-state index in [1.54, 1.807) is 30.5 Å². The molecule has 0 aliphatic rings. The van der Waals surface area contributed by atoms with Crippen molar-refractivity contribution in [1.82, 2.24) is 10.3 Å². The van der Waals surface area contributed by atoms with Crippen LogP contribution in [0.4, 0.5) is 5.69 Å². The summed E-state index contributed by atoms with van der Waals surface area (Å²) in [6.07, 6.45) is 1.31. The van der Waals surface area contributed by atoms with Crippen molar-refractivity contribution in [3.8, 4) is 0 Å². The fourth-order valence-electron chi connectivity index (χ4n) is 2.99. The molecule has 1 heterocycles. The minimum atomic E-state index is -0.446. The molecule has 0 bridgehead atoms. The molecule has 0 fully saturated rings. The number of anilines is 1. The molecule has 1 unspecified atom stereocenters. The summed E-state index contributed by atoms with van der Waals surface area (Å²) < 4.78 is 0.922. The Balaban J connectivity index is 1.66. The Labute approximate surface area is 182 Å². The number of benzene rings is 3. The van der Waals surface area contributed by atoms with Crippen molar-refractivity contribution in [2.24, 2.45) is 0 Å². The van der Waals surface area contributed by atoms with Crippen molar-refractivity contribution in [2.45, 2.75) is 6.17 Å². The van der Waals surface area contributed by atoms with Gasteiger partial charge in [-0.05, 0) is 66.2 Å². The number of fused-ring (bicyclic) bond motifs is 1. The van der Waals surface area contributed by atoms with Crippen LogP contribution in [0.15, 0.2) is 89.5 Å². The first-order chi connectivity index (χ1) is 14.1. The van der Waals surface area contributed by atoms with E-state index >= 15 is 0 Å². The maximum Gasteiger partial charge on any atom is 0.253 e. The first kappa shape index (κ1) is 19.4. The van der Waals surface area contributed by atoms with Crippen molar-refractivity contribution in [1.29, 1.82) is 0 Å². The Morgan fingerprint density at radius 2 is 1.72 bits per heavy atom. The van der Waals surface area contributed by atoms with Crippen LogP contribution >= 0.6 is 27.5 Å². The maximum atomic E-state index is 12.8. The molecule has 144 valence electrons. The molecule has 2 N–H and O–H groups in total. The Morgan fingerprint density at radius 1 is 0.966 bits per heavy atom. The van der Waals surface area contributed by atoms with Gasteiger partial charge in [-0.15, -0.1) is 0 Å². The molecule has 0 radical (unpaired) electrons. The smallest absolute Gasteiger partial charge is 0.253 e. The highest BCUT2D eigenvalue weighted by Crippen LogP contribution is 2.23. The molecule has 4 aromatic rings. The van der Waals surface area contributed by atoms with Gasteiger partial charge in [-0.3, -0.25) is 9.78 Å². The summed E-state index contributed by atoms with van der Waals surface area (Å²) in [5.74, 6) is -0.176. The number of rotatable bonds is 5. The van der Waals surface area contributed by atoms with E-state index < -0.39 is 6.17 Å². The zero-order valence-corrected chi connectivity index (χ0v) is 17.6. The van der Waals surface area contributed by atoms with Crippen molar-refractivity contribution in [3.63, 3.8) is 0 Å².